The highest BCUT2D eigenvalue weighted by molar-refractivity contribution is 5.53. The molecule has 2 unspecified atom stereocenters. The fourth-order valence-corrected chi connectivity index (χ4v) is 6.17. The highest BCUT2D eigenvalue weighted by atomic mass is 16.5. The lowest BCUT2D eigenvalue weighted by atomic mass is 9.50. The molecule has 0 radical (unpaired) electrons. The minimum atomic E-state index is -0.865. The van der Waals surface area contributed by atoms with Gasteiger partial charge in [-0.3, -0.25) is 0 Å². The van der Waals surface area contributed by atoms with E-state index in [4.69, 9.17) is 11.2 Å². The zero-order valence-electron chi connectivity index (χ0n) is 13.9. The average Bonchev–Trinajstić information content (AvgIpc) is 2.87. The number of aliphatic hydroxyl groups is 2. The van der Waals surface area contributed by atoms with Crippen LogP contribution in [0.4, 0.5) is 0 Å². The van der Waals surface area contributed by atoms with Crippen molar-refractivity contribution in [1.82, 2.24) is 4.90 Å². The SMILES string of the molecule is C#CCC12O[C@H]3[C@@H](O)C=C[C@H]4[C@H]5CC(=C1[C@]43CCN5C)C=CC2O. The first-order valence-corrected chi connectivity index (χ1v) is 8.83. The maximum Gasteiger partial charge on any atom is 0.131 e. The molecule has 7 atom stereocenters. The molecule has 2 bridgehead atoms. The Labute approximate surface area is 142 Å². The van der Waals surface area contributed by atoms with E-state index in [-0.39, 0.29) is 11.5 Å². The third-order valence-electron chi connectivity index (χ3n) is 7.09. The normalized spacial score (nSPS) is 51.5. The van der Waals surface area contributed by atoms with Crippen molar-refractivity contribution >= 4 is 0 Å². The summed E-state index contributed by atoms with van der Waals surface area (Å²) in [6, 6.07) is 0.411. The number of hydrogen-bond donors (Lipinski definition) is 2. The summed E-state index contributed by atoms with van der Waals surface area (Å²) in [5.41, 5.74) is 1.34. The molecule has 126 valence electrons. The summed E-state index contributed by atoms with van der Waals surface area (Å²) in [5, 5.41) is 21.5. The summed E-state index contributed by atoms with van der Waals surface area (Å²) in [6.07, 6.45) is 14.1. The van der Waals surface area contributed by atoms with Crippen LogP contribution < -0.4 is 0 Å². The van der Waals surface area contributed by atoms with E-state index >= 15 is 0 Å². The van der Waals surface area contributed by atoms with Crippen LogP contribution in [0.15, 0.2) is 35.5 Å². The number of terminal acetylenes is 1. The van der Waals surface area contributed by atoms with Crippen molar-refractivity contribution in [1.29, 1.82) is 0 Å². The smallest absolute Gasteiger partial charge is 0.131 e. The molecule has 0 aromatic heterocycles. The Bertz CT molecular complexity index is 732. The standard InChI is InChI=1S/C20H23NO3/c1-3-8-20-16(23)7-4-12-11-14-13-5-6-15(22)18(24-20)19(13,17(12)20)9-10-21(14)2/h1,4-7,13-16,18,22-23H,8-11H2,2H3/t13-,14+,15-,16?,18-,19-,20?/m0/s1. The highest BCUT2D eigenvalue weighted by Gasteiger charge is 2.71. The van der Waals surface area contributed by atoms with Crippen molar-refractivity contribution < 1.29 is 14.9 Å². The predicted octanol–water partition coefficient (Wildman–Crippen LogP) is 1.02. The van der Waals surface area contributed by atoms with Gasteiger partial charge >= 0.3 is 0 Å². The first kappa shape index (κ1) is 14.9. The first-order chi connectivity index (χ1) is 11.5. The van der Waals surface area contributed by atoms with E-state index in [1.165, 1.54) is 11.1 Å². The van der Waals surface area contributed by atoms with Gasteiger partial charge in [0.05, 0.1) is 12.2 Å². The number of rotatable bonds is 1. The summed E-state index contributed by atoms with van der Waals surface area (Å²) >= 11 is 0. The molecule has 2 saturated heterocycles. The highest BCUT2D eigenvalue weighted by Crippen LogP contribution is 2.67. The molecule has 0 aromatic carbocycles. The van der Waals surface area contributed by atoms with E-state index in [2.05, 4.69) is 30.0 Å². The molecule has 2 N–H and O–H groups in total. The second-order valence-electron chi connectivity index (χ2n) is 7.96. The van der Waals surface area contributed by atoms with Crippen LogP contribution in [0.5, 0.6) is 0 Å². The molecule has 2 aliphatic heterocycles. The van der Waals surface area contributed by atoms with Crippen molar-refractivity contribution in [3.05, 3.63) is 35.5 Å². The molecule has 2 fully saturated rings. The number of piperidine rings is 1. The van der Waals surface area contributed by atoms with Gasteiger partial charge in [0.15, 0.2) is 0 Å². The van der Waals surface area contributed by atoms with Gasteiger partial charge in [0.1, 0.15) is 11.7 Å². The lowest BCUT2D eigenvalue weighted by Crippen LogP contribution is -2.62. The molecular formula is C20H23NO3. The van der Waals surface area contributed by atoms with Crippen LogP contribution in [0.3, 0.4) is 0 Å². The Morgan fingerprint density at radius 1 is 1.38 bits per heavy atom. The average molecular weight is 325 g/mol. The third kappa shape index (κ3) is 1.46. The van der Waals surface area contributed by atoms with Crippen molar-refractivity contribution in [2.24, 2.45) is 11.3 Å². The molecule has 5 rings (SSSR count). The van der Waals surface area contributed by atoms with Crippen LogP contribution in [0.2, 0.25) is 0 Å². The number of nitrogens with zero attached hydrogens (tertiary/aromatic N) is 1. The van der Waals surface area contributed by atoms with Crippen molar-refractivity contribution in [3.8, 4) is 12.3 Å². The van der Waals surface area contributed by atoms with E-state index in [0.29, 0.717) is 18.4 Å². The van der Waals surface area contributed by atoms with E-state index in [1.807, 2.05) is 12.2 Å². The number of ether oxygens (including phenoxy) is 1. The quantitative estimate of drug-likeness (QED) is 0.558. The van der Waals surface area contributed by atoms with E-state index < -0.39 is 17.8 Å². The second kappa shape index (κ2) is 4.62. The lowest BCUT2D eigenvalue weighted by Gasteiger charge is -2.58. The van der Waals surface area contributed by atoms with Gasteiger partial charge in [-0.15, -0.1) is 12.3 Å². The molecule has 0 amide bonds. The fourth-order valence-electron chi connectivity index (χ4n) is 6.17. The minimum absolute atomic E-state index is 0.235. The van der Waals surface area contributed by atoms with Gasteiger partial charge in [-0.1, -0.05) is 24.3 Å². The third-order valence-corrected chi connectivity index (χ3v) is 7.09. The van der Waals surface area contributed by atoms with Gasteiger partial charge in [0.25, 0.3) is 0 Å². The van der Waals surface area contributed by atoms with Crippen LogP contribution in [-0.2, 0) is 4.74 Å². The van der Waals surface area contributed by atoms with E-state index in [1.54, 1.807) is 0 Å². The van der Waals surface area contributed by atoms with Gasteiger partial charge in [0, 0.05) is 23.8 Å². The van der Waals surface area contributed by atoms with E-state index in [9.17, 15) is 10.2 Å². The Kier molecular flexibility index (Phi) is 2.87. The molecule has 2 heterocycles. The van der Waals surface area contributed by atoms with Crippen LogP contribution in [0, 0.1) is 23.7 Å². The number of likely N-dealkylation sites (tertiary alicyclic amines) is 1. The maximum atomic E-state index is 10.8. The van der Waals surface area contributed by atoms with Gasteiger partial charge in [0.2, 0.25) is 0 Å². The van der Waals surface area contributed by atoms with Crippen molar-refractivity contribution in [3.63, 3.8) is 0 Å². The largest absolute Gasteiger partial charge is 0.386 e. The zero-order valence-corrected chi connectivity index (χ0v) is 13.9. The number of aliphatic hydroxyl groups excluding tert-OH is 2. The molecule has 0 aromatic rings. The lowest BCUT2D eigenvalue weighted by molar-refractivity contribution is -0.139. The van der Waals surface area contributed by atoms with Crippen molar-refractivity contribution in [2.45, 2.75) is 49.2 Å². The van der Waals surface area contributed by atoms with Crippen LogP contribution >= 0.6 is 0 Å². The van der Waals surface area contributed by atoms with E-state index in [0.717, 1.165) is 19.4 Å². The zero-order chi connectivity index (χ0) is 16.7. The van der Waals surface area contributed by atoms with Gasteiger partial charge in [-0.25, -0.2) is 0 Å². The Balaban J connectivity index is 1.80. The summed E-state index contributed by atoms with van der Waals surface area (Å²) in [6.45, 7) is 0.976. The Morgan fingerprint density at radius 2 is 2.21 bits per heavy atom. The van der Waals surface area contributed by atoms with Crippen LogP contribution in [0.1, 0.15) is 19.3 Å². The predicted molar refractivity (Wildman–Crippen MR) is 89.9 cm³/mol. The minimum Gasteiger partial charge on any atom is -0.386 e. The number of hydrogen-bond acceptors (Lipinski definition) is 4. The van der Waals surface area contributed by atoms with Gasteiger partial charge in [-0.05, 0) is 37.6 Å². The summed E-state index contributed by atoms with van der Waals surface area (Å²) in [5.74, 6) is 3.04. The Morgan fingerprint density at radius 3 is 3.00 bits per heavy atom. The van der Waals surface area contributed by atoms with Gasteiger partial charge < -0.3 is 19.8 Å². The van der Waals surface area contributed by atoms with Gasteiger partial charge in [-0.2, -0.15) is 0 Å². The monoisotopic (exact) mass is 325 g/mol. The topological polar surface area (TPSA) is 52.9 Å². The molecule has 4 heteroatoms. The van der Waals surface area contributed by atoms with Crippen LogP contribution in [0.25, 0.3) is 0 Å². The molecule has 5 aliphatic rings. The van der Waals surface area contributed by atoms with Crippen LogP contribution in [-0.4, -0.2) is 58.7 Å². The number of allylic oxidation sites excluding steroid dienone is 1. The summed E-state index contributed by atoms with van der Waals surface area (Å²) < 4.78 is 6.49. The molecule has 3 aliphatic carbocycles. The maximum absolute atomic E-state index is 10.8. The second-order valence-corrected chi connectivity index (χ2v) is 7.96. The molecule has 1 spiro atoms. The molecule has 4 nitrogen and oxygen atoms in total. The Hall–Kier alpha value is -1.38. The molecular weight excluding hydrogens is 302 g/mol. The summed E-state index contributed by atoms with van der Waals surface area (Å²) in [7, 11) is 2.18. The fraction of sp³-hybridized carbons (Fsp3) is 0.600. The molecule has 0 saturated carbocycles. The summed E-state index contributed by atoms with van der Waals surface area (Å²) in [4.78, 5) is 2.43. The first-order valence-electron chi connectivity index (χ1n) is 8.83. The van der Waals surface area contributed by atoms with Crippen molar-refractivity contribution in [2.75, 3.05) is 13.6 Å². The molecule has 24 heavy (non-hydrogen) atoms.